The average molecular weight is 392 g/mol. The fraction of sp³-hybridized carbons (Fsp3) is 0.0909. The first-order valence-corrected chi connectivity index (χ1v) is 8.75. The van der Waals surface area contributed by atoms with Gasteiger partial charge in [-0.3, -0.25) is 9.59 Å². The summed E-state index contributed by atoms with van der Waals surface area (Å²) in [6.45, 7) is 0. The van der Waals surface area contributed by atoms with E-state index in [1.165, 1.54) is 12.3 Å². The summed E-state index contributed by atoms with van der Waals surface area (Å²) in [4.78, 5) is 25.2. The maximum absolute atomic E-state index is 12.8. The van der Waals surface area contributed by atoms with E-state index in [1.54, 1.807) is 74.9 Å². The Morgan fingerprint density at radius 1 is 0.897 bits per heavy atom. The van der Waals surface area contributed by atoms with Gasteiger partial charge < -0.3 is 24.5 Å². The van der Waals surface area contributed by atoms with Crippen molar-refractivity contribution < 1.29 is 23.5 Å². The molecule has 0 aliphatic heterocycles. The van der Waals surface area contributed by atoms with Crippen LogP contribution in [0.2, 0.25) is 0 Å². The number of furan rings is 1. The monoisotopic (exact) mass is 392 g/mol. The fourth-order valence-electron chi connectivity index (χ4n) is 2.49. The van der Waals surface area contributed by atoms with Crippen LogP contribution in [0.1, 0.15) is 16.1 Å². The van der Waals surface area contributed by atoms with Crippen molar-refractivity contribution >= 4 is 23.6 Å². The third-order valence-corrected chi connectivity index (χ3v) is 4.01. The standard InChI is InChI=1S/C22H20N2O5/c1-27-17-9-5-15(6-10-17)14-19(24-22(26)20-4-3-13-29-20)21(25)23-16-7-11-18(28-2)12-8-16/h3-14H,1-2H3,(H,23,25)(H,24,26). The number of nitrogens with one attached hydrogen (secondary N) is 2. The molecule has 2 N–H and O–H groups in total. The summed E-state index contributed by atoms with van der Waals surface area (Å²) >= 11 is 0. The number of benzene rings is 2. The molecule has 7 nitrogen and oxygen atoms in total. The van der Waals surface area contributed by atoms with Gasteiger partial charge in [-0.2, -0.15) is 0 Å². The maximum atomic E-state index is 12.8. The highest BCUT2D eigenvalue weighted by molar-refractivity contribution is 6.10. The highest BCUT2D eigenvalue weighted by atomic mass is 16.5. The maximum Gasteiger partial charge on any atom is 0.291 e. The SMILES string of the molecule is COc1ccc(C=C(NC(=O)c2ccco2)C(=O)Nc2ccc(OC)cc2)cc1. The van der Waals surface area contributed by atoms with E-state index in [4.69, 9.17) is 13.9 Å². The molecule has 0 bridgehead atoms. The Labute approximate surface area is 167 Å². The number of ether oxygens (including phenoxy) is 2. The van der Waals surface area contributed by atoms with Crippen molar-refractivity contribution in [1.82, 2.24) is 5.32 Å². The van der Waals surface area contributed by atoms with Gasteiger partial charge in [-0.1, -0.05) is 12.1 Å². The van der Waals surface area contributed by atoms with Crippen LogP contribution in [0.3, 0.4) is 0 Å². The average Bonchev–Trinajstić information content (AvgIpc) is 3.29. The second kappa shape index (κ2) is 9.27. The number of amides is 2. The van der Waals surface area contributed by atoms with Crippen molar-refractivity contribution in [3.8, 4) is 11.5 Å². The van der Waals surface area contributed by atoms with E-state index in [0.29, 0.717) is 22.7 Å². The fourth-order valence-corrected chi connectivity index (χ4v) is 2.49. The minimum Gasteiger partial charge on any atom is -0.497 e. The van der Waals surface area contributed by atoms with Crippen LogP contribution in [0.25, 0.3) is 6.08 Å². The summed E-state index contributed by atoms with van der Waals surface area (Å²) in [6, 6.07) is 17.1. The van der Waals surface area contributed by atoms with Crippen LogP contribution >= 0.6 is 0 Å². The highest BCUT2D eigenvalue weighted by Gasteiger charge is 2.16. The smallest absolute Gasteiger partial charge is 0.291 e. The van der Waals surface area contributed by atoms with Gasteiger partial charge in [0.05, 0.1) is 20.5 Å². The molecule has 0 spiro atoms. The number of hydrogen-bond donors (Lipinski definition) is 2. The molecule has 3 rings (SSSR count). The molecule has 1 heterocycles. The van der Waals surface area contributed by atoms with E-state index < -0.39 is 11.8 Å². The first kappa shape index (κ1) is 19.8. The topological polar surface area (TPSA) is 89.8 Å². The molecule has 0 aliphatic carbocycles. The van der Waals surface area contributed by atoms with Crippen LogP contribution in [0.4, 0.5) is 5.69 Å². The van der Waals surface area contributed by atoms with Crippen LogP contribution in [-0.2, 0) is 4.79 Å². The van der Waals surface area contributed by atoms with Gasteiger partial charge in [0, 0.05) is 5.69 Å². The molecule has 0 saturated heterocycles. The number of hydrogen-bond acceptors (Lipinski definition) is 5. The number of anilines is 1. The number of carbonyl (C=O) groups is 2. The lowest BCUT2D eigenvalue weighted by Gasteiger charge is -2.11. The molecule has 0 saturated carbocycles. The first-order valence-electron chi connectivity index (χ1n) is 8.75. The van der Waals surface area contributed by atoms with Gasteiger partial charge >= 0.3 is 0 Å². The van der Waals surface area contributed by atoms with E-state index in [0.717, 1.165) is 0 Å². The van der Waals surface area contributed by atoms with Gasteiger partial charge in [0.15, 0.2) is 5.76 Å². The van der Waals surface area contributed by atoms with Crippen molar-refractivity contribution in [1.29, 1.82) is 0 Å². The summed E-state index contributed by atoms with van der Waals surface area (Å²) in [5.41, 5.74) is 1.33. The van der Waals surface area contributed by atoms with Crippen LogP contribution < -0.4 is 20.1 Å². The lowest BCUT2D eigenvalue weighted by molar-refractivity contribution is -0.113. The molecule has 29 heavy (non-hydrogen) atoms. The highest BCUT2D eigenvalue weighted by Crippen LogP contribution is 2.17. The Morgan fingerprint density at radius 3 is 2.07 bits per heavy atom. The van der Waals surface area contributed by atoms with Crippen LogP contribution in [0, 0.1) is 0 Å². The molecule has 0 aliphatic rings. The minimum atomic E-state index is -0.528. The molecule has 2 amide bonds. The zero-order chi connectivity index (χ0) is 20.6. The Bertz CT molecular complexity index is 991. The molecule has 3 aromatic rings. The van der Waals surface area contributed by atoms with Gasteiger partial charge in [-0.05, 0) is 60.2 Å². The van der Waals surface area contributed by atoms with Crippen LogP contribution in [0.5, 0.6) is 11.5 Å². The number of rotatable bonds is 7. The zero-order valence-electron chi connectivity index (χ0n) is 16.0. The molecular formula is C22H20N2O5. The summed E-state index contributed by atoms with van der Waals surface area (Å²) < 4.78 is 15.4. The van der Waals surface area contributed by atoms with Crippen molar-refractivity contribution in [3.63, 3.8) is 0 Å². The molecule has 2 aromatic carbocycles. The first-order chi connectivity index (χ1) is 14.1. The summed E-state index contributed by atoms with van der Waals surface area (Å²) in [5, 5.41) is 5.35. The molecule has 0 atom stereocenters. The molecule has 148 valence electrons. The minimum absolute atomic E-state index is 0.0624. The van der Waals surface area contributed by atoms with Gasteiger partial charge in [0.25, 0.3) is 11.8 Å². The van der Waals surface area contributed by atoms with Gasteiger partial charge in [0.2, 0.25) is 0 Å². The molecule has 0 unspecified atom stereocenters. The Kier molecular flexibility index (Phi) is 6.32. The second-order valence-electron chi connectivity index (χ2n) is 5.95. The lowest BCUT2D eigenvalue weighted by Crippen LogP contribution is -2.30. The van der Waals surface area contributed by atoms with Crippen molar-refractivity contribution in [2.75, 3.05) is 19.5 Å². The second-order valence-corrected chi connectivity index (χ2v) is 5.95. The van der Waals surface area contributed by atoms with Crippen molar-refractivity contribution in [3.05, 3.63) is 83.9 Å². The Balaban J connectivity index is 1.84. The van der Waals surface area contributed by atoms with E-state index in [2.05, 4.69) is 10.6 Å². The predicted molar refractivity (Wildman–Crippen MR) is 109 cm³/mol. The largest absolute Gasteiger partial charge is 0.497 e. The van der Waals surface area contributed by atoms with E-state index >= 15 is 0 Å². The van der Waals surface area contributed by atoms with E-state index in [-0.39, 0.29) is 11.5 Å². The van der Waals surface area contributed by atoms with Gasteiger partial charge in [-0.15, -0.1) is 0 Å². The summed E-state index contributed by atoms with van der Waals surface area (Å²) in [5.74, 6) is 0.447. The van der Waals surface area contributed by atoms with Crippen molar-refractivity contribution in [2.24, 2.45) is 0 Å². The molecule has 7 heteroatoms. The Morgan fingerprint density at radius 2 is 1.52 bits per heavy atom. The predicted octanol–water partition coefficient (Wildman–Crippen LogP) is 3.71. The molecule has 0 fully saturated rings. The summed E-state index contributed by atoms with van der Waals surface area (Å²) in [6.07, 6.45) is 2.96. The molecular weight excluding hydrogens is 372 g/mol. The van der Waals surface area contributed by atoms with Gasteiger partial charge in [0.1, 0.15) is 17.2 Å². The quantitative estimate of drug-likeness (QED) is 0.599. The molecule has 0 radical (unpaired) electrons. The van der Waals surface area contributed by atoms with E-state index in [9.17, 15) is 9.59 Å². The van der Waals surface area contributed by atoms with Crippen LogP contribution in [0.15, 0.2) is 77.0 Å². The van der Waals surface area contributed by atoms with Gasteiger partial charge in [-0.25, -0.2) is 0 Å². The van der Waals surface area contributed by atoms with E-state index in [1.807, 2.05) is 0 Å². The van der Waals surface area contributed by atoms with Crippen LogP contribution in [-0.4, -0.2) is 26.0 Å². The third-order valence-electron chi connectivity index (χ3n) is 4.01. The summed E-state index contributed by atoms with van der Waals surface area (Å²) in [7, 11) is 3.13. The normalized spacial score (nSPS) is 10.9. The number of carbonyl (C=O) groups excluding carboxylic acids is 2. The third kappa shape index (κ3) is 5.26. The molecule has 1 aromatic heterocycles. The zero-order valence-corrected chi connectivity index (χ0v) is 16.0. The van der Waals surface area contributed by atoms with Crippen molar-refractivity contribution in [2.45, 2.75) is 0 Å². The number of methoxy groups -OCH3 is 2. The lowest BCUT2D eigenvalue weighted by atomic mass is 10.1. The Hall–Kier alpha value is -4.00.